The molecule has 7 heteroatoms. The van der Waals surface area contributed by atoms with Crippen LogP contribution in [-0.4, -0.2) is 17.8 Å². The van der Waals surface area contributed by atoms with Gasteiger partial charge in [-0.2, -0.15) is 5.10 Å². The third kappa shape index (κ3) is 3.52. The first-order valence-electron chi connectivity index (χ1n) is 8.58. The Morgan fingerprint density at radius 1 is 1.18 bits per heavy atom. The number of nitrogens with one attached hydrogen (secondary N) is 1. The van der Waals surface area contributed by atoms with Crippen LogP contribution >= 0.6 is 11.3 Å². The van der Waals surface area contributed by atoms with E-state index in [4.69, 9.17) is 9.15 Å². The zero-order valence-corrected chi connectivity index (χ0v) is 16.1. The highest BCUT2D eigenvalue weighted by Crippen LogP contribution is 2.29. The molecule has 0 aliphatic rings. The molecular weight excluding hydrogens is 374 g/mol. The summed E-state index contributed by atoms with van der Waals surface area (Å²) in [4.78, 5) is 16.9. The SMILES string of the molecule is COc1cccc2cc(-c3csc(N/N=C(\C)c4ccccc4)n3)c(=O)oc12. The number of methoxy groups -OCH3 is 1. The number of aromatic nitrogens is 1. The van der Waals surface area contributed by atoms with Crippen molar-refractivity contribution in [2.45, 2.75) is 6.92 Å². The molecular formula is C21H17N3O3S. The Hall–Kier alpha value is -3.45. The zero-order valence-electron chi connectivity index (χ0n) is 15.3. The first kappa shape index (κ1) is 17.9. The van der Waals surface area contributed by atoms with Gasteiger partial charge in [-0.1, -0.05) is 42.5 Å². The lowest BCUT2D eigenvalue weighted by molar-refractivity contribution is 0.407. The molecule has 0 aliphatic carbocycles. The van der Waals surface area contributed by atoms with E-state index < -0.39 is 5.63 Å². The van der Waals surface area contributed by atoms with Crippen LogP contribution in [0, 0.1) is 0 Å². The number of benzene rings is 2. The Morgan fingerprint density at radius 2 is 2.00 bits per heavy atom. The van der Waals surface area contributed by atoms with Gasteiger partial charge in [-0.05, 0) is 24.6 Å². The smallest absolute Gasteiger partial charge is 0.345 e. The van der Waals surface area contributed by atoms with E-state index in [1.165, 1.54) is 11.3 Å². The van der Waals surface area contributed by atoms with E-state index in [1.807, 2.05) is 49.4 Å². The van der Waals surface area contributed by atoms with E-state index in [2.05, 4.69) is 15.5 Å². The number of hydrazone groups is 1. The highest BCUT2D eigenvalue weighted by molar-refractivity contribution is 7.14. The fourth-order valence-electron chi connectivity index (χ4n) is 2.78. The molecule has 140 valence electrons. The van der Waals surface area contributed by atoms with E-state index >= 15 is 0 Å². The number of hydrogen-bond donors (Lipinski definition) is 1. The van der Waals surface area contributed by atoms with Gasteiger partial charge in [0.1, 0.15) is 0 Å². The second-order valence-electron chi connectivity index (χ2n) is 6.04. The number of nitrogens with zero attached hydrogens (tertiary/aromatic N) is 2. The van der Waals surface area contributed by atoms with Crippen molar-refractivity contribution in [1.29, 1.82) is 0 Å². The first-order chi connectivity index (χ1) is 13.7. The number of ether oxygens (including phenoxy) is 1. The Labute approximate surface area is 165 Å². The van der Waals surface area contributed by atoms with Crippen LogP contribution in [0.25, 0.3) is 22.2 Å². The van der Waals surface area contributed by atoms with Crippen molar-refractivity contribution in [3.63, 3.8) is 0 Å². The molecule has 0 bridgehead atoms. The van der Waals surface area contributed by atoms with E-state index in [0.29, 0.717) is 27.7 Å². The average molecular weight is 391 g/mol. The third-order valence-corrected chi connectivity index (χ3v) is 4.98. The quantitative estimate of drug-likeness (QED) is 0.301. The molecule has 4 aromatic rings. The van der Waals surface area contributed by atoms with Crippen molar-refractivity contribution in [2.24, 2.45) is 5.10 Å². The Bertz CT molecular complexity index is 1210. The molecule has 0 radical (unpaired) electrons. The number of rotatable bonds is 5. The van der Waals surface area contributed by atoms with Gasteiger partial charge >= 0.3 is 5.63 Å². The largest absolute Gasteiger partial charge is 0.493 e. The van der Waals surface area contributed by atoms with Crippen molar-refractivity contribution in [1.82, 2.24) is 4.98 Å². The fourth-order valence-corrected chi connectivity index (χ4v) is 3.43. The number of thiazole rings is 1. The lowest BCUT2D eigenvalue weighted by Gasteiger charge is -2.04. The van der Waals surface area contributed by atoms with E-state index in [0.717, 1.165) is 16.7 Å². The summed E-state index contributed by atoms with van der Waals surface area (Å²) < 4.78 is 10.7. The van der Waals surface area contributed by atoms with Crippen molar-refractivity contribution in [3.05, 3.63) is 76.0 Å². The van der Waals surface area contributed by atoms with Crippen molar-refractivity contribution < 1.29 is 9.15 Å². The summed E-state index contributed by atoms with van der Waals surface area (Å²) in [5.74, 6) is 0.521. The minimum Gasteiger partial charge on any atom is -0.493 e. The van der Waals surface area contributed by atoms with Gasteiger partial charge in [0.05, 0.1) is 24.1 Å². The van der Waals surface area contributed by atoms with Gasteiger partial charge in [0.25, 0.3) is 0 Å². The van der Waals surface area contributed by atoms with Gasteiger partial charge in [-0.15, -0.1) is 11.3 Å². The summed E-state index contributed by atoms with van der Waals surface area (Å²) in [6, 6.07) is 17.1. The Morgan fingerprint density at radius 3 is 2.79 bits per heavy atom. The van der Waals surface area contributed by atoms with Crippen LogP contribution in [0.4, 0.5) is 5.13 Å². The number of fused-ring (bicyclic) bond motifs is 1. The summed E-state index contributed by atoms with van der Waals surface area (Å²) in [6.45, 7) is 1.92. The molecule has 0 spiro atoms. The molecule has 2 aromatic heterocycles. The normalized spacial score (nSPS) is 11.6. The molecule has 2 heterocycles. The van der Waals surface area contributed by atoms with Gasteiger partial charge in [0.2, 0.25) is 5.13 Å². The first-order valence-corrected chi connectivity index (χ1v) is 9.46. The van der Waals surface area contributed by atoms with Crippen LogP contribution in [0.1, 0.15) is 12.5 Å². The summed E-state index contributed by atoms with van der Waals surface area (Å²) in [7, 11) is 1.54. The van der Waals surface area contributed by atoms with Crippen molar-refractivity contribution in [3.8, 4) is 17.0 Å². The summed E-state index contributed by atoms with van der Waals surface area (Å²) in [5.41, 5.74) is 5.72. The lowest BCUT2D eigenvalue weighted by Crippen LogP contribution is -2.04. The molecule has 0 atom stereocenters. The predicted molar refractivity (Wildman–Crippen MR) is 112 cm³/mol. The fraction of sp³-hybridized carbons (Fsp3) is 0.0952. The number of hydrogen-bond acceptors (Lipinski definition) is 7. The zero-order chi connectivity index (χ0) is 19.5. The van der Waals surface area contributed by atoms with Crippen LogP contribution in [0.2, 0.25) is 0 Å². The second kappa shape index (κ2) is 7.66. The van der Waals surface area contributed by atoms with Crippen LogP contribution in [0.15, 0.2) is 74.3 Å². The molecule has 28 heavy (non-hydrogen) atoms. The molecule has 0 aliphatic heterocycles. The number of anilines is 1. The topological polar surface area (TPSA) is 76.7 Å². The molecule has 4 rings (SSSR count). The summed E-state index contributed by atoms with van der Waals surface area (Å²) in [6.07, 6.45) is 0. The monoisotopic (exact) mass is 391 g/mol. The van der Waals surface area contributed by atoms with Crippen LogP contribution in [-0.2, 0) is 0 Å². The second-order valence-corrected chi connectivity index (χ2v) is 6.90. The minimum absolute atomic E-state index is 0.397. The van der Waals surface area contributed by atoms with Gasteiger partial charge in [0, 0.05) is 10.8 Å². The van der Waals surface area contributed by atoms with Crippen LogP contribution < -0.4 is 15.8 Å². The van der Waals surface area contributed by atoms with Crippen molar-refractivity contribution >= 4 is 33.1 Å². The highest BCUT2D eigenvalue weighted by Gasteiger charge is 2.13. The predicted octanol–water partition coefficient (Wildman–Crippen LogP) is 4.76. The summed E-state index contributed by atoms with van der Waals surface area (Å²) >= 11 is 1.37. The minimum atomic E-state index is -0.460. The van der Waals surface area contributed by atoms with Gasteiger partial charge < -0.3 is 9.15 Å². The van der Waals surface area contributed by atoms with E-state index in [9.17, 15) is 4.79 Å². The van der Waals surface area contributed by atoms with Crippen molar-refractivity contribution in [2.75, 3.05) is 12.5 Å². The average Bonchev–Trinajstić information content (AvgIpc) is 3.20. The lowest BCUT2D eigenvalue weighted by atomic mass is 10.1. The maximum absolute atomic E-state index is 12.5. The molecule has 2 aromatic carbocycles. The summed E-state index contributed by atoms with van der Waals surface area (Å²) in [5, 5.41) is 7.53. The third-order valence-electron chi connectivity index (χ3n) is 4.23. The molecule has 0 amide bonds. The maximum atomic E-state index is 12.5. The van der Waals surface area contributed by atoms with E-state index in [-0.39, 0.29) is 0 Å². The molecule has 0 saturated carbocycles. The standard InChI is InChI=1S/C21H17N3O3S/c1-13(14-7-4-3-5-8-14)23-24-21-22-17(12-28-21)16-11-15-9-6-10-18(26-2)19(15)27-20(16)25/h3-12H,1-2H3,(H,22,24)/b23-13+. The molecule has 1 N–H and O–H groups in total. The van der Waals surface area contributed by atoms with Gasteiger partial charge in [-0.25, -0.2) is 9.78 Å². The number of para-hydroxylation sites is 1. The molecule has 0 unspecified atom stereocenters. The van der Waals surface area contributed by atoms with Crippen LogP contribution in [0.3, 0.4) is 0 Å². The highest BCUT2D eigenvalue weighted by atomic mass is 32.1. The maximum Gasteiger partial charge on any atom is 0.345 e. The van der Waals surface area contributed by atoms with Crippen LogP contribution in [0.5, 0.6) is 5.75 Å². The van der Waals surface area contributed by atoms with Gasteiger partial charge in [0.15, 0.2) is 11.3 Å². The van der Waals surface area contributed by atoms with Gasteiger partial charge in [-0.3, -0.25) is 5.43 Å². The molecule has 0 saturated heterocycles. The Balaban J connectivity index is 1.63. The molecule has 6 nitrogen and oxygen atoms in total. The van der Waals surface area contributed by atoms with E-state index in [1.54, 1.807) is 24.6 Å². The molecule has 0 fully saturated rings. The Kier molecular flexibility index (Phi) is 4.90.